The third kappa shape index (κ3) is 2.35. The average molecular weight is 325 g/mol. The molecule has 4 rings (SSSR count). The number of amides is 1. The Bertz CT molecular complexity index is 776. The van der Waals surface area contributed by atoms with Crippen LogP contribution in [0.1, 0.15) is 44.9 Å². The van der Waals surface area contributed by atoms with Gasteiger partial charge in [0.2, 0.25) is 5.91 Å². The molecular formula is C20H27N3O. The van der Waals surface area contributed by atoms with Gasteiger partial charge >= 0.3 is 0 Å². The zero-order valence-electron chi connectivity index (χ0n) is 14.9. The van der Waals surface area contributed by atoms with Crippen molar-refractivity contribution in [3.05, 3.63) is 35.5 Å². The number of likely N-dealkylation sites (tertiary alicyclic amines) is 1. The van der Waals surface area contributed by atoms with Gasteiger partial charge in [-0.05, 0) is 30.9 Å². The number of hydrogen-bond acceptors (Lipinski definition) is 2. The van der Waals surface area contributed by atoms with E-state index in [9.17, 15) is 4.79 Å². The molecule has 24 heavy (non-hydrogen) atoms. The molecule has 3 heterocycles. The van der Waals surface area contributed by atoms with Gasteiger partial charge in [0.25, 0.3) is 0 Å². The van der Waals surface area contributed by atoms with E-state index in [0.29, 0.717) is 0 Å². The molecule has 2 aliphatic heterocycles. The van der Waals surface area contributed by atoms with E-state index >= 15 is 0 Å². The molecule has 2 aromatic rings. The first-order valence-corrected chi connectivity index (χ1v) is 9.05. The lowest BCUT2D eigenvalue weighted by atomic mass is 9.79. The Morgan fingerprint density at radius 1 is 1.17 bits per heavy atom. The van der Waals surface area contributed by atoms with Gasteiger partial charge in [-0.25, -0.2) is 0 Å². The summed E-state index contributed by atoms with van der Waals surface area (Å²) in [5.41, 5.74) is 3.77. The summed E-state index contributed by atoms with van der Waals surface area (Å²) >= 11 is 0. The number of nitrogens with one attached hydrogen (secondary N) is 2. The third-order valence-electron chi connectivity index (χ3n) is 5.68. The molecule has 4 heteroatoms. The summed E-state index contributed by atoms with van der Waals surface area (Å²) in [6.45, 7) is 8.70. The Labute approximate surface area is 143 Å². The van der Waals surface area contributed by atoms with Gasteiger partial charge in [-0.2, -0.15) is 0 Å². The van der Waals surface area contributed by atoms with Gasteiger partial charge in [0.05, 0.1) is 5.54 Å². The molecule has 0 unspecified atom stereocenters. The maximum atomic E-state index is 12.6. The van der Waals surface area contributed by atoms with Crippen LogP contribution in [0.4, 0.5) is 0 Å². The van der Waals surface area contributed by atoms with E-state index in [2.05, 4.69) is 34.6 Å². The standard InChI is InChI=1S/C20H27N3O/c1-19(2,3)18(24)23-12-9-20(10-13-23)17-15(8-11-21-20)14-6-4-5-7-16(14)22-17/h4-7,21-22H,8-13H2,1-3H3. The Balaban J connectivity index is 1.64. The molecule has 0 atom stereocenters. The van der Waals surface area contributed by atoms with Crippen LogP contribution in [0.2, 0.25) is 0 Å². The number of carbonyl (C=O) groups is 1. The Morgan fingerprint density at radius 2 is 1.88 bits per heavy atom. The average Bonchev–Trinajstić information content (AvgIpc) is 2.95. The fourth-order valence-electron chi connectivity index (χ4n) is 4.38. The number of piperidine rings is 1. The summed E-state index contributed by atoms with van der Waals surface area (Å²) in [7, 11) is 0. The van der Waals surface area contributed by atoms with E-state index in [4.69, 9.17) is 0 Å². The monoisotopic (exact) mass is 325 g/mol. The fraction of sp³-hybridized carbons (Fsp3) is 0.550. The molecule has 128 valence electrons. The molecule has 2 N–H and O–H groups in total. The Hall–Kier alpha value is -1.81. The highest BCUT2D eigenvalue weighted by atomic mass is 16.2. The number of para-hydroxylation sites is 1. The van der Waals surface area contributed by atoms with Gasteiger partial charge in [-0.15, -0.1) is 0 Å². The van der Waals surface area contributed by atoms with E-state index in [0.717, 1.165) is 38.9 Å². The van der Waals surface area contributed by atoms with Crippen molar-refractivity contribution in [2.45, 2.75) is 45.6 Å². The van der Waals surface area contributed by atoms with E-state index < -0.39 is 0 Å². The van der Waals surface area contributed by atoms with Crippen molar-refractivity contribution in [1.82, 2.24) is 15.2 Å². The number of H-pyrrole nitrogens is 1. The summed E-state index contributed by atoms with van der Waals surface area (Å²) in [4.78, 5) is 18.3. The van der Waals surface area contributed by atoms with Crippen molar-refractivity contribution in [2.75, 3.05) is 19.6 Å². The zero-order valence-corrected chi connectivity index (χ0v) is 14.9. The van der Waals surface area contributed by atoms with Crippen molar-refractivity contribution in [2.24, 2.45) is 5.41 Å². The van der Waals surface area contributed by atoms with Gasteiger partial charge in [0.1, 0.15) is 0 Å². The second-order valence-corrected chi connectivity index (χ2v) is 8.33. The minimum Gasteiger partial charge on any atom is -0.357 e. The minimum atomic E-state index is -0.295. The molecular weight excluding hydrogens is 298 g/mol. The number of fused-ring (bicyclic) bond motifs is 4. The van der Waals surface area contributed by atoms with E-state index in [1.807, 2.05) is 25.7 Å². The number of carbonyl (C=O) groups excluding carboxylic acids is 1. The van der Waals surface area contributed by atoms with Crippen LogP contribution in [0.15, 0.2) is 24.3 Å². The van der Waals surface area contributed by atoms with Gasteiger partial charge in [-0.1, -0.05) is 39.0 Å². The smallest absolute Gasteiger partial charge is 0.227 e. The van der Waals surface area contributed by atoms with Crippen LogP contribution in [0.25, 0.3) is 10.9 Å². The van der Waals surface area contributed by atoms with Crippen molar-refractivity contribution in [3.63, 3.8) is 0 Å². The van der Waals surface area contributed by atoms with Crippen molar-refractivity contribution >= 4 is 16.8 Å². The predicted octanol–water partition coefficient (Wildman–Crippen LogP) is 3.18. The van der Waals surface area contributed by atoms with E-state index in [1.54, 1.807) is 0 Å². The lowest BCUT2D eigenvalue weighted by molar-refractivity contribution is -0.141. The molecule has 0 radical (unpaired) electrons. The number of rotatable bonds is 0. The zero-order chi connectivity index (χ0) is 16.9. The molecule has 1 aromatic carbocycles. The maximum Gasteiger partial charge on any atom is 0.227 e. The molecule has 4 nitrogen and oxygen atoms in total. The lowest BCUT2D eigenvalue weighted by Crippen LogP contribution is -2.56. The van der Waals surface area contributed by atoms with Crippen LogP contribution in [0, 0.1) is 5.41 Å². The quantitative estimate of drug-likeness (QED) is 0.781. The Morgan fingerprint density at radius 3 is 2.58 bits per heavy atom. The predicted molar refractivity (Wildman–Crippen MR) is 97.0 cm³/mol. The highest BCUT2D eigenvalue weighted by Gasteiger charge is 2.43. The first-order valence-electron chi connectivity index (χ1n) is 9.05. The molecule has 1 aromatic heterocycles. The van der Waals surface area contributed by atoms with Gasteiger partial charge in [0.15, 0.2) is 0 Å². The van der Waals surface area contributed by atoms with Crippen molar-refractivity contribution < 1.29 is 4.79 Å². The number of benzene rings is 1. The summed E-state index contributed by atoms with van der Waals surface area (Å²) in [6.07, 6.45) is 3.04. The van der Waals surface area contributed by atoms with Crippen LogP contribution in [0.5, 0.6) is 0 Å². The fourth-order valence-corrected chi connectivity index (χ4v) is 4.38. The SMILES string of the molecule is CC(C)(C)C(=O)N1CCC2(CC1)NCCc1c2[nH]c2ccccc12. The van der Waals surface area contributed by atoms with E-state index in [-0.39, 0.29) is 16.9 Å². The number of aromatic amines is 1. The topological polar surface area (TPSA) is 48.1 Å². The van der Waals surface area contributed by atoms with Gasteiger partial charge < -0.3 is 15.2 Å². The highest BCUT2D eigenvalue weighted by Crippen LogP contribution is 2.40. The maximum absolute atomic E-state index is 12.6. The molecule has 0 bridgehead atoms. The first-order chi connectivity index (χ1) is 11.4. The lowest BCUT2D eigenvalue weighted by Gasteiger charge is -2.45. The number of nitrogens with zero attached hydrogens (tertiary/aromatic N) is 1. The van der Waals surface area contributed by atoms with Crippen LogP contribution in [0.3, 0.4) is 0 Å². The summed E-state index contributed by atoms with van der Waals surface area (Å²) in [6, 6.07) is 8.60. The second-order valence-electron chi connectivity index (χ2n) is 8.33. The highest BCUT2D eigenvalue weighted by molar-refractivity contribution is 5.85. The third-order valence-corrected chi connectivity index (χ3v) is 5.68. The van der Waals surface area contributed by atoms with Gasteiger partial charge in [-0.3, -0.25) is 4.79 Å². The minimum absolute atomic E-state index is 0.00126. The molecule has 1 spiro atoms. The number of aromatic nitrogens is 1. The summed E-state index contributed by atoms with van der Waals surface area (Å²) in [5, 5.41) is 5.14. The van der Waals surface area contributed by atoms with Crippen LogP contribution in [-0.4, -0.2) is 35.4 Å². The normalized spacial score (nSPS) is 20.4. The molecule has 1 amide bonds. The molecule has 2 aliphatic rings. The number of hydrogen-bond donors (Lipinski definition) is 2. The van der Waals surface area contributed by atoms with Crippen LogP contribution < -0.4 is 5.32 Å². The second kappa shape index (κ2) is 5.35. The van der Waals surface area contributed by atoms with E-state index in [1.165, 1.54) is 22.2 Å². The van der Waals surface area contributed by atoms with Crippen LogP contribution in [-0.2, 0) is 16.8 Å². The molecule has 0 aliphatic carbocycles. The largest absolute Gasteiger partial charge is 0.357 e. The van der Waals surface area contributed by atoms with Gasteiger partial charge in [0, 0.05) is 41.6 Å². The Kier molecular flexibility index (Phi) is 3.50. The summed E-state index contributed by atoms with van der Waals surface area (Å²) in [5.74, 6) is 0.269. The summed E-state index contributed by atoms with van der Waals surface area (Å²) < 4.78 is 0. The van der Waals surface area contributed by atoms with Crippen LogP contribution >= 0.6 is 0 Å². The molecule has 1 saturated heterocycles. The van der Waals surface area contributed by atoms with Crippen molar-refractivity contribution in [1.29, 1.82) is 0 Å². The van der Waals surface area contributed by atoms with Crippen molar-refractivity contribution in [3.8, 4) is 0 Å². The molecule has 1 fully saturated rings. The molecule has 0 saturated carbocycles. The first kappa shape index (κ1) is 15.7.